The third-order valence-electron chi connectivity index (χ3n) is 3.37. The molecule has 0 radical (unpaired) electrons. The first-order valence-electron chi connectivity index (χ1n) is 6.47. The minimum absolute atomic E-state index is 0.419. The van der Waals surface area contributed by atoms with Gasteiger partial charge >= 0.3 is 0 Å². The number of nitrogens with one attached hydrogen (secondary N) is 1. The van der Waals surface area contributed by atoms with Gasteiger partial charge in [0.05, 0.1) is 6.61 Å². The van der Waals surface area contributed by atoms with Gasteiger partial charge in [0, 0.05) is 25.2 Å². The molecule has 0 aliphatic heterocycles. The first kappa shape index (κ1) is 13.9. The van der Waals surface area contributed by atoms with Crippen molar-refractivity contribution in [3.8, 4) is 0 Å². The normalized spacial score (nSPS) is 27.9. The van der Waals surface area contributed by atoms with Gasteiger partial charge in [0.15, 0.2) is 0 Å². The van der Waals surface area contributed by atoms with Gasteiger partial charge in [-0.05, 0) is 45.1 Å². The van der Waals surface area contributed by atoms with E-state index < -0.39 is 0 Å². The Morgan fingerprint density at radius 3 is 2.56 bits per heavy atom. The molecule has 0 saturated heterocycles. The van der Waals surface area contributed by atoms with E-state index in [-0.39, 0.29) is 0 Å². The van der Waals surface area contributed by atoms with E-state index in [0.29, 0.717) is 18.1 Å². The molecule has 16 heavy (non-hydrogen) atoms. The maximum atomic E-state index is 5.90. The lowest BCUT2D eigenvalue weighted by Crippen LogP contribution is -2.44. The van der Waals surface area contributed by atoms with Gasteiger partial charge in [-0.15, -0.1) is 0 Å². The van der Waals surface area contributed by atoms with Crippen LogP contribution in [0.25, 0.3) is 0 Å². The summed E-state index contributed by atoms with van der Waals surface area (Å²) in [5.41, 5.74) is 11.4. The van der Waals surface area contributed by atoms with Gasteiger partial charge in [0.25, 0.3) is 0 Å². The van der Waals surface area contributed by atoms with Crippen molar-refractivity contribution in [3.05, 3.63) is 0 Å². The third kappa shape index (κ3) is 5.25. The average Bonchev–Trinajstić information content (AvgIpc) is 2.29. The molecule has 5 N–H and O–H groups in total. The van der Waals surface area contributed by atoms with Gasteiger partial charge in [-0.1, -0.05) is 0 Å². The third-order valence-corrected chi connectivity index (χ3v) is 3.37. The number of methoxy groups -OCH3 is 1. The lowest BCUT2D eigenvalue weighted by atomic mass is 9.91. The van der Waals surface area contributed by atoms with Crippen molar-refractivity contribution in [2.24, 2.45) is 11.5 Å². The summed E-state index contributed by atoms with van der Waals surface area (Å²) in [6, 6.07) is 1.49. The minimum Gasteiger partial charge on any atom is -0.383 e. The molecule has 4 heteroatoms. The number of ether oxygens (including phenoxy) is 1. The lowest BCUT2D eigenvalue weighted by molar-refractivity contribution is 0.149. The van der Waals surface area contributed by atoms with Gasteiger partial charge in [-0.2, -0.15) is 0 Å². The van der Waals surface area contributed by atoms with Crippen LogP contribution in [-0.4, -0.2) is 38.4 Å². The Kier molecular flexibility index (Phi) is 6.96. The van der Waals surface area contributed by atoms with Crippen LogP contribution in [0.5, 0.6) is 0 Å². The molecular formula is C12H27N3O. The molecule has 4 nitrogen and oxygen atoms in total. The van der Waals surface area contributed by atoms with Crippen LogP contribution in [0.2, 0.25) is 0 Å². The van der Waals surface area contributed by atoms with Crippen LogP contribution in [0.1, 0.15) is 38.5 Å². The van der Waals surface area contributed by atoms with Crippen LogP contribution in [0, 0.1) is 0 Å². The fraction of sp³-hybridized carbons (Fsp3) is 1.00. The monoisotopic (exact) mass is 229 g/mol. The van der Waals surface area contributed by atoms with Crippen molar-refractivity contribution >= 4 is 0 Å². The van der Waals surface area contributed by atoms with Crippen molar-refractivity contribution in [3.63, 3.8) is 0 Å². The minimum atomic E-state index is 0.419. The summed E-state index contributed by atoms with van der Waals surface area (Å²) in [6.45, 7) is 1.54. The highest BCUT2D eigenvalue weighted by molar-refractivity contribution is 4.81. The van der Waals surface area contributed by atoms with Crippen molar-refractivity contribution in [2.75, 3.05) is 20.3 Å². The van der Waals surface area contributed by atoms with E-state index >= 15 is 0 Å². The van der Waals surface area contributed by atoms with E-state index in [9.17, 15) is 0 Å². The predicted octanol–water partition coefficient (Wildman–Crippen LogP) is 0.600. The van der Waals surface area contributed by atoms with Crippen LogP contribution in [-0.2, 0) is 4.74 Å². The molecule has 0 bridgehead atoms. The molecule has 1 unspecified atom stereocenters. The van der Waals surface area contributed by atoms with Crippen LogP contribution in [0.15, 0.2) is 0 Å². The summed E-state index contributed by atoms with van der Waals surface area (Å²) in [4.78, 5) is 0. The van der Waals surface area contributed by atoms with Gasteiger partial charge < -0.3 is 21.5 Å². The summed E-state index contributed by atoms with van der Waals surface area (Å²) in [5, 5.41) is 3.68. The molecule has 1 atom stereocenters. The molecule has 0 amide bonds. The number of hydrogen-bond acceptors (Lipinski definition) is 4. The highest BCUT2D eigenvalue weighted by Gasteiger charge is 2.20. The molecule has 0 heterocycles. The van der Waals surface area contributed by atoms with Crippen molar-refractivity contribution in [1.29, 1.82) is 0 Å². The molecular weight excluding hydrogens is 202 g/mol. The Morgan fingerprint density at radius 2 is 2.00 bits per heavy atom. The van der Waals surface area contributed by atoms with E-state index in [0.717, 1.165) is 38.8 Å². The SMILES string of the molecule is COCC(CCCN)NC1CCC(N)CC1. The molecule has 1 saturated carbocycles. The number of hydrogen-bond donors (Lipinski definition) is 3. The van der Waals surface area contributed by atoms with Crippen LogP contribution >= 0.6 is 0 Å². The topological polar surface area (TPSA) is 73.3 Å². The Hall–Kier alpha value is -0.160. The highest BCUT2D eigenvalue weighted by Crippen LogP contribution is 2.18. The number of nitrogens with two attached hydrogens (primary N) is 2. The first-order valence-corrected chi connectivity index (χ1v) is 6.47. The molecule has 1 fully saturated rings. The summed E-state index contributed by atoms with van der Waals surface area (Å²) >= 11 is 0. The zero-order valence-electron chi connectivity index (χ0n) is 10.5. The molecule has 1 aliphatic carbocycles. The van der Waals surface area contributed by atoms with E-state index in [1.807, 2.05) is 0 Å². The highest BCUT2D eigenvalue weighted by atomic mass is 16.5. The molecule has 0 aromatic rings. The smallest absolute Gasteiger partial charge is 0.0615 e. The quantitative estimate of drug-likeness (QED) is 0.598. The molecule has 0 aromatic heterocycles. The zero-order chi connectivity index (χ0) is 11.8. The summed E-state index contributed by atoms with van der Waals surface area (Å²) < 4.78 is 5.24. The average molecular weight is 229 g/mol. The van der Waals surface area contributed by atoms with Crippen molar-refractivity contribution in [1.82, 2.24) is 5.32 Å². The Morgan fingerprint density at radius 1 is 1.31 bits per heavy atom. The fourth-order valence-electron chi connectivity index (χ4n) is 2.40. The molecule has 1 aliphatic rings. The second-order valence-corrected chi connectivity index (χ2v) is 4.86. The fourth-order valence-corrected chi connectivity index (χ4v) is 2.40. The zero-order valence-corrected chi connectivity index (χ0v) is 10.5. The molecule has 96 valence electrons. The lowest BCUT2D eigenvalue weighted by Gasteiger charge is -2.30. The van der Waals surface area contributed by atoms with E-state index in [1.165, 1.54) is 12.8 Å². The van der Waals surface area contributed by atoms with E-state index in [1.54, 1.807) is 7.11 Å². The Labute approximate surface area is 99.1 Å². The largest absolute Gasteiger partial charge is 0.383 e. The van der Waals surface area contributed by atoms with Crippen molar-refractivity contribution < 1.29 is 4.74 Å². The van der Waals surface area contributed by atoms with Gasteiger partial charge in [0.2, 0.25) is 0 Å². The number of rotatable bonds is 7. The van der Waals surface area contributed by atoms with Gasteiger partial charge in [-0.25, -0.2) is 0 Å². The van der Waals surface area contributed by atoms with E-state index in [2.05, 4.69) is 5.32 Å². The Balaban J connectivity index is 2.24. The maximum absolute atomic E-state index is 5.90. The summed E-state index contributed by atoms with van der Waals surface area (Å²) in [6.07, 6.45) is 6.86. The maximum Gasteiger partial charge on any atom is 0.0615 e. The summed E-state index contributed by atoms with van der Waals surface area (Å²) in [5.74, 6) is 0. The molecule has 0 aromatic carbocycles. The van der Waals surface area contributed by atoms with Gasteiger partial charge in [0.1, 0.15) is 0 Å². The second kappa shape index (κ2) is 8.01. The summed E-state index contributed by atoms with van der Waals surface area (Å²) in [7, 11) is 1.76. The van der Waals surface area contributed by atoms with Gasteiger partial charge in [-0.3, -0.25) is 0 Å². The van der Waals surface area contributed by atoms with Crippen LogP contribution < -0.4 is 16.8 Å². The van der Waals surface area contributed by atoms with Crippen molar-refractivity contribution in [2.45, 2.75) is 56.7 Å². The Bertz CT molecular complexity index is 170. The standard InChI is InChI=1S/C12H27N3O/c1-16-9-12(3-2-8-13)15-11-6-4-10(14)5-7-11/h10-12,15H,2-9,13-14H2,1H3. The van der Waals surface area contributed by atoms with Crippen LogP contribution in [0.4, 0.5) is 0 Å². The molecule has 0 spiro atoms. The second-order valence-electron chi connectivity index (χ2n) is 4.86. The van der Waals surface area contributed by atoms with E-state index in [4.69, 9.17) is 16.2 Å². The van der Waals surface area contributed by atoms with Crippen LogP contribution in [0.3, 0.4) is 0 Å². The first-order chi connectivity index (χ1) is 7.76. The molecule has 1 rings (SSSR count). The predicted molar refractivity (Wildman–Crippen MR) is 67.3 cm³/mol.